The highest BCUT2D eigenvalue weighted by atomic mass is 32.2. The molecule has 2 aromatic carbocycles. The number of hydrogen-bond acceptors (Lipinski definition) is 8. The zero-order valence-electron chi connectivity index (χ0n) is 19.9. The fraction of sp³-hybridized carbons (Fsp3) is 0.333. The highest BCUT2D eigenvalue weighted by Gasteiger charge is 2.21. The largest absolute Gasteiger partial charge is 0.493 e. The van der Waals surface area contributed by atoms with Crippen LogP contribution in [0, 0.1) is 0 Å². The monoisotopic (exact) mass is 491 g/mol. The molecule has 0 heterocycles. The Hall–Kier alpha value is -3.37. The summed E-state index contributed by atoms with van der Waals surface area (Å²) in [6.45, 7) is 3.82. The molecule has 0 aliphatic rings. The second-order valence-electron chi connectivity index (χ2n) is 6.94. The first-order valence-corrected chi connectivity index (χ1v) is 11.9. The molecule has 0 unspecified atom stereocenters. The Morgan fingerprint density at radius 1 is 0.912 bits per heavy atom. The fourth-order valence-electron chi connectivity index (χ4n) is 3.14. The van der Waals surface area contributed by atoms with E-state index in [-0.39, 0.29) is 10.5 Å². The molecular weight excluding hydrogens is 462 g/mol. The lowest BCUT2D eigenvalue weighted by atomic mass is 10.1. The second-order valence-corrected chi connectivity index (χ2v) is 8.87. The Labute approximate surface area is 199 Å². The molecule has 0 radical (unpaired) electrons. The quantitative estimate of drug-likeness (QED) is 0.253. The molecule has 10 heteroatoms. The first kappa shape index (κ1) is 26.9. The number of benzene rings is 2. The summed E-state index contributed by atoms with van der Waals surface area (Å²) in [6.07, 6.45) is 2.64. The summed E-state index contributed by atoms with van der Waals surface area (Å²) >= 11 is 0. The summed E-state index contributed by atoms with van der Waals surface area (Å²) < 4.78 is 47.1. The van der Waals surface area contributed by atoms with E-state index in [1.165, 1.54) is 56.0 Å². The molecular formula is C24H29NO8S. The highest BCUT2D eigenvalue weighted by Crippen LogP contribution is 2.38. The van der Waals surface area contributed by atoms with Gasteiger partial charge in [0.25, 0.3) is 0 Å². The molecule has 0 fully saturated rings. The van der Waals surface area contributed by atoms with Gasteiger partial charge >= 0.3 is 5.97 Å². The Kier molecular flexibility index (Phi) is 9.64. The summed E-state index contributed by atoms with van der Waals surface area (Å²) in [4.78, 5) is 24.7. The number of Topliss-reactive ketones (excluding diaryl/α,β-unsaturated/α-hetero) is 1. The van der Waals surface area contributed by atoms with E-state index in [1.54, 1.807) is 26.0 Å². The lowest BCUT2D eigenvalue weighted by Crippen LogP contribution is -2.30. The van der Waals surface area contributed by atoms with Gasteiger partial charge in [0.1, 0.15) is 0 Å². The third kappa shape index (κ3) is 6.36. The molecule has 2 aromatic rings. The van der Waals surface area contributed by atoms with Crippen LogP contribution >= 0.6 is 0 Å². The molecule has 0 amide bonds. The molecule has 0 aromatic heterocycles. The van der Waals surface area contributed by atoms with Crippen LogP contribution in [0.4, 0.5) is 0 Å². The minimum Gasteiger partial charge on any atom is -0.493 e. The van der Waals surface area contributed by atoms with Crippen LogP contribution in [0.5, 0.6) is 17.2 Å². The second kappa shape index (κ2) is 12.2. The van der Waals surface area contributed by atoms with Crippen molar-refractivity contribution in [2.24, 2.45) is 0 Å². The van der Waals surface area contributed by atoms with Gasteiger partial charge in [0.2, 0.25) is 21.6 Å². The van der Waals surface area contributed by atoms with E-state index in [9.17, 15) is 18.0 Å². The predicted octanol–water partition coefficient (Wildman–Crippen LogP) is 3.18. The van der Waals surface area contributed by atoms with Gasteiger partial charge in [-0.15, -0.1) is 0 Å². The van der Waals surface area contributed by atoms with Gasteiger partial charge in [-0.05, 0) is 35.9 Å². The number of carbonyl (C=O) groups is 2. The Morgan fingerprint density at radius 3 is 1.94 bits per heavy atom. The van der Waals surface area contributed by atoms with Crippen LogP contribution in [0.3, 0.4) is 0 Å². The SMILES string of the molecule is CCN(CC)S(=O)(=O)c1ccc(C=CC(=O)OCC(=O)c2cc(OC)c(OC)c(OC)c2)cc1. The van der Waals surface area contributed by atoms with E-state index in [2.05, 4.69) is 0 Å². The molecule has 184 valence electrons. The van der Waals surface area contributed by atoms with Crippen LogP contribution in [0.1, 0.15) is 29.8 Å². The number of hydrogen-bond donors (Lipinski definition) is 0. The van der Waals surface area contributed by atoms with Crippen molar-refractivity contribution in [3.05, 3.63) is 53.6 Å². The van der Waals surface area contributed by atoms with E-state index in [0.717, 1.165) is 6.08 Å². The fourth-order valence-corrected chi connectivity index (χ4v) is 4.60. The first-order valence-electron chi connectivity index (χ1n) is 10.5. The van der Waals surface area contributed by atoms with Crippen LogP contribution in [0.15, 0.2) is 47.4 Å². The lowest BCUT2D eigenvalue weighted by molar-refractivity contribution is -0.136. The van der Waals surface area contributed by atoms with E-state index < -0.39 is 28.4 Å². The molecule has 2 rings (SSSR count). The van der Waals surface area contributed by atoms with Crippen LogP contribution in [0.2, 0.25) is 0 Å². The van der Waals surface area contributed by atoms with Crippen molar-refractivity contribution in [2.75, 3.05) is 41.0 Å². The number of rotatable bonds is 12. The molecule has 9 nitrogen and oxygen atoms in total. The zero-order chi connectivity index (χ0) is 25.3. The van der Waals surface area contributed by atoms with Gasteiger partial charge in [-0.1, -0.05) is 26.0 Å². The topological polar surface area (TPSA) is 108 Å². The molecule has 0 N–H and O–H groups in total. The van der Waals surface area contributed by atoms with Crippen molar-refractivity contribution in [1.29, 1.82) is 0 Å². The number of carbonyl (C=O) groups excluding carboxylic acids is 2. The molecule has 34 heavy (non-hydrogen) atoms. The highest BCUT2D eigenvalue weighted by molar-refractivity contribution is 7.89. The van der Waals surface area contributed by atoms with Gasteiger partial charge in [0.05, 0.1) is 26.2 Å². The molecule has 0 saturated carbocycles. The molecule has 0 bridgehead atoms. The minimum absolute atomic E-state index is 0.173. The summed E-state index contributed by atoms with van der Waals surface area (Å²) in [5, 5.41) is 0. The Morgan fingerprint density at radius 2 is 1.47 bits per heavy atom. The van der Waals surface area contributed by atoms with Crippen molar-refractivity contribution in [2.45, 2.75) is 18.7 Å². The maximum atomic E-state index is 12.5. The van der Waals surface area contributed by atoms with Gasteiger partial charge in [-0.2, -0.15) is 4.31 Å². The zero-order valence-corrected chi connectivity index (χ0v) is 20.7. The van der Waals surface area contributed by atoms with Crippen molar-refractivity contribution in [3.63, 3.8) is 0 Å². The molecule has 0 atom stereocenters. The number of nitrogens with zero attached hydrogens (tertiary/aromatic N) is 1. The predicted molar refractivity (Wildman–Crippen MR) is 127 cm³/mol. The van der Waals surface area contributed by atoms with Crippen LogP contribution in [0.25, 0.3) is 6.08 Å². The van der Waals surface area contributed by atoms with Gasteiger partial charge < -0.3 is 18.9 Å². The number of esters is 1. The van der Waals surface area contributed by atoms with Crippen LogP contribution in [-0.2, 0) is 19.6 Å². The van der Waals surface area contributed by atoms with Gasteiger partial charge in [-0.25, -0.2) is 13.2 Å². The summed E-state index contributed by atoms with van der Waals surface area (Å²) in [5.74, 6) is -0.212. The van der Waals surface area contributed by atoms with Crippen molar-refractivity contribution >= 4 is 27.9 Å². The minimum atomic E-state index is -3.55. The molecule has 0 aliphatic carbocycles. The summed E-state index contributed by atoms with van der Waals surface area (Å²) in [7, 11) is 0.763. The van der Waals surface area contributed by atoms with E-state index in [1.807, 2.05) is 0 Å². The van der Waals surface area contributed by atoms with Gasteiger partial charge in [0.15, 0.2) is 18.1 Å². The first-order chi connectivity index (χ1) is 16.2. The third-order valence-electron chi connectivity index (χ3n) is 4.97. The van der Waals surface area contributed by atoms with E-state index >= 15 is 0 Å². The number of sulfonamides is 1. The standard InChI is InChI=1S/C24H29NO8S/c1-6-25(7-2)34(28,29)19-11-8-17(9-12-19)10-13-23(27)33-16-20(26)18-14-21(30-3)24(32-5)22(15-18)31-4/h8-15H,6-7,16H2,1-5H3. The number of ketones is 1. The van der Waals surface area contributed by atoms with Crippen molar-refractivity contribution < 1.29 is 37.0 Å². The smallest absolute Gasteiger partial charge is 0.331 e. The van der Waals surface area contributed by atoms with Gasteiger partial charge in [-0.3, -0.25) is 4.79 Å². The maximum Gasteiger partial charge on any atom is 0.331 e. The Balaban J connectivity index is 2.03. The lowest BCUT2D eigenvalue weighted by Gasteiger charge is -2.18. The Bertz CT molecular complexity index is 1110. The summed E-state index contributed by atoms with van der Waals surface area (Å²) in [5.41, 5.74) is 0.836. The van der Waals surface area contributed by atoms with Crippen LogP contribution in [-0.4, -0.2) is 65.5 Å². The van der Waals surface area contributed by atoms with Gasteiger partial charge in [0, 0.05) is 24.7 Å². The van der Waals surface area contributed by atoms with Crippen molar-refractivity contribution in [3.8, 4) is 17.2 Å². The van der Waals surface area contributed by atoms with Crippen molar-refractivity contribution in [1.82, 2.24) is 4.31 Å². The number of methoxy groups -OCH3 is 3. The average molecular weight is 492 g/mol. The summed E-state index contributed by atoms with van der Waals surface area (Å²) in [6, 6.07) is 9.07. The maximum absolute atomic E-state index is 12.5. The number of ether oxygens (including phenoxy) is 4. The van der Waals surface area contributed by atoms with E-state index in [0.29, 0.717) is 35.9 Å². The third-order valence-corrected chi connectivity index (χ3v) is 7.03. The average Bonchev–Trinajstić information content (AvgIpc) is 2.85. The molecule has 0 saturated heterocycles. The molecule has 0 spiro atoms. The van der Waals surface area contributed by atoms with Crippen LogP contribution < -0.4 is 14.2 Å². The molecule has 0 aliphatic heterocycles. The normalized spacial score (nSPS) is 11.5. The van der Waals surface area contributed by atoms with E-state index in [4.69, 9.17) is 18.9 Å².